The molecule has 0 bridgehead atoms. The average molecular weight is 412 g/mol. The number of amides is 1. The van der Waals surface area contributed by atoms with E-state index in [1.807, 2.05) is 12.1 Å². The lowest BCUT2D eigenvalue weighted by atomic mass is 10.0. The van der Waals surface area contributed by atoms with Gasteiger partial charge in [0.2, 0.25) is 0 Å². The minimum absolute atomic E-state index is 0.113. The second-order valence-electron chi connectivity index (χ2n) is 6.20. The van der Waals surface area contributed by atoms with Crippen LogP contribution in [0.2, 0.25) is 0 Å². The van der Waals surface area contributed by atoms with Crippen molar-refractivity contribution < 1.29 is 9.32 Å². The number of piperidine rings is 1. The van der Waals surface area contributed by atoms with E-state index in [0.29, 0.717) is 29.6 Å². The molecule has 2 aromatic heterocycles. The molecule has 1 aliphatic rings. The lowest BCUT2D eigenvalue weighted by Gasteiger charge is -2.33. The zero-order chi connectivity index (χ0) is 17.1. The minimum atomic E-state index is -0.113. The first-order valence-electron chi connectivity index (χ1n) is 8.30. The highest BCUT2D eigenvalue weighted by molar-refractivity contribution is 9.11. The van der Waals surface area contributed by atoms with Crippen molar-refractivity contribution in [1.82, 2.24) is 15.4 Å². The summed E-state index contributed by atoms with van der Waals surface area (Å²) in [6.45, 7) is 6.69. The monoisotopic (exact) mass is 411 g/mol. The Labute approximate surface area is 154 Å². The molecule has 0 radical (unpaired) electrons. The van der Waals surface area contributed by atoms with Crippen LogP contribution in [0.25, 0.3) is 10.6 Å². The average Bonchev–Trinajstić information content (AvgIpc) is 3.15. The van der Waals surface area contributed by atoms with Gasteiger partial charge in [-0.05, 0) is 61.3 Å². The normalized spacial score (nSPS) is 18.7. The number of carbonyl (C=O) groups excluding carboxylic acids is 1. The summed E-state index contributed by atoms with van der Waals surface area (Å²) < 4.78 is 6.27. The van der Waals surface area contributed by atoms with Crippen LogP contribution in [-0.4, -0.2) is 41.6 Å². The fourth-order valence-corrected chi connectivity index (χ4v) is 4.51. The van der Waals surface area contributed by atoms with Crippen LogP contribution in [0.5, 0.6) is 0 Å². The molecule has 0 aromatic carbocycles. The first kappa shape index (κ1) is 17.6. The molecule has 3 rings (SSSR count). The molecule has 0 aliphatic carbocycles. The van der Waals surface area contributed by atoms with Gasteiger partial charge in [0, 0.05) is 19.1 Å². The maximum atomic E-state index is 12.6. The van der Waals surface area contributed by atoms with Crippen molar-refractivity contribution in [3.05, 3.63) is 27.2 Å². The van der Waals surface area contributed by atoms with Gasteiger partial charge in [-0.3, -0.25) is 9.69 Å². The van der Waals surface area contributed by atoms with Crippen LogP contribution in [0.3, 0.4) is 0 Å². The van der Waals surface area contributed by atoms with Crippen LogP contribution in [0, 0.1) is 6.92 Å². The van der Waals surface area contributed by atoms with E-state index in [1.165, 1.54) is 30.6 Å². The van der Waals surface area contributed by atoms with Crippen LogP contribution >= 0.6 is 27.3 Å². The summed E-state index contributed by atoms with van der Waals surface area (Å²) in [6, 6.07) is 4.49. The van der Waals surface area contributed by atoms with Gasteiger partial charge < -0.3 is 9.84 Å². The van der Waals surface area contributed by atoms with E-state index < -0.39 is 0 Å². The van der Waals surface area contributed by atoms with Crippen LogP contribution in [-0.2, 0) is 0 Å². The van der Waals surface area contributed by atoms with E-state index in [1.54, 1.807) is 6.92 Å². The molecule has 1 N–H and O–H groups in total. The zero-order valence-electron chi connectivity index (χ0n) is 14.0. The van der Waals surface area contributed by atoms with Gasteiger partial charge in [-0.2, -0.15) is 0 Å². The smallest absolute Gasteiger partial charge is 0.257 e. The number of thiophene rings is 1. The number of aryl methyl sites for hydroxylation is 1. The highest BCUT2D eigenvalue weighted by Gasteiger charge is 2.23. The highest BCUT2D eigenvalue weighted by Crippen LogP contribution is 2.33. The molecule has 2 aromatic rings. The number of rotatable bonds is 5. The van der Waals surface area contributed by atoms with E-state index in [-0.39, 0.29) is 5.91 Å². The summed E-state index contributed by atoms with van der Waals surface area (Å²) in [7, 11) is 0. The van der Waals surface area contributed by atoms with E-state index in [9.17, 15) is 4.79 Å². The molecule has 0 saturated carbocycles. The topological polar surface area (TPSA) is 58.4 Å². The predicted molar refractivity (Wildman–Crippen MR) is 99.5 cm³/mol. The van der Waals surface area contributed by atoms with Crippen LogP contribution < -0.4 is 5.32 Å². The fraction of sp³-hybridized carbons (Fsp3) is 0.529. The van der Waals surface area contributed by atoms with Crippen LogP contribution in [0.15, 0.2) is 20.4 Å². The molecule has 5 nitrogen and oxygen atoms in total. The summed E-state index contributed by atoms with van der Waals surface area (Å²) >= 11 is 4.98. The molecule has 1 amide bonds. The predicted octanol–water partition coefficient (Wildman–Crippen LogP) is 4.08. The Kier molecular flexibility index (Phi) is 5.73. The van der Waals surface area contributed by atoms with Crippen molar-refractivity contribution in [1.29, 1.82) is 0 Å². The third-order valence-corrected chi connectivity index (χ3v) is 6.15. The summed E-state index contributed by atoms with van der Waals surface area (Å²) in [5.74, 6) is 0.441. The lowest BCUT2D eigenvalue weighted by Crippen LogP contribution is -2.42. The van der Waals surface area contributed by atoms with Gasteiger partial charge in [0.25, 0.3) is 5.91 Å². The molecule has 0 spiro atoms. The number of carbonyl (C=O) groups is 1. The van der Waals surface area contributed by atoms with Crippen molar-refractivity contribution in [2.45, 2.75) is 39.2 Å². The summed E-state index contributed by atoms with van der Waals surface area (Å²) in [5, 5.41) is 7.10. The molecule has 1 aliphatic heterocycles. The number of aromatic nitrogens is 1. The SMILES string of the molecule is Cc1onc(-c2ccc(Br)s2)c1C(=O)NCCN1CCCC[C@@H]1C. The van der Waals surface area contributed by atoms with Gasteiger partial charge in [-0.25, -0.2) is 0 Å². The maximum Gasteiger partial charge on any atom is 0.257 e. The highest BCUT2D eigenvalue weighted by atomic mass is 79.9. The van der Waals surface area contributed by atoms with E-state index in [0.717, 1.165) is 21.8 Å². The van der Waals surface area contributed by atoms with Gasteiger partial charge in [0.1, 0.15) is 17.0 Å². The Hall–Kier alpha value is -1.18. The van der Waals surface area contributed by atoms with Crippen molar-refractivity contribution in [2.75, 3.05) is 19.6 Å². The van der Waals surface area contributed by atoms with Crippen LogP contribution in [0.1, 0.15) is 42.3 Å². The number of likely N-dealkylation sites (tertiary alicyclic amines) is 1. The van der Waals surface area contributed by atoms with Crippen LogP contribution in [0.4, 0.5) is 0 Å². The Morgan fingerprint density at radius 2 is 2.33 bits per heavy atom. The number of nitrogens with one attached hydrogen (secondary N) is 1. The molecule has 3 heterocycles. The molecule has 1 saturated heterocycles. The quantitative estimate of drug-likeness (QED) is 0.804. The molecular weight excluding hydrogens is 390 g/mol. The first-order chi connectivity index (χ1) is 11.6. The molecular formula is C17H22BrN3O2S. The number of halogens is 1. The number of hydrogen-bond acceptors (Lipinski definition) is 5. The minimum Gasteiger partial charge on any atom is -0.360 e. The standard InChI is InChI=1S/C17H22BrN3O2S/c1-11-5-3-4-9-21(11)10-8-19-17(22)15-12(2)23-20-16(15)13-6-7-14(18)24-13/h6-7,11H,3-5,8-10H2,1-2H3,(H,19,22)/t11-/m0/s1. The first-order valence-corrected chi connectivity index (χ1v) is 9.91. The van der Waals surface area contributed by atoms with E-state index in [4.69, 9.17) is 4.52 Å². The Morgan fingerprint density at radius 1 is 1.50 bits per heavy atom. The summed E-state index contributed by atoms with van der Waals surface area (Å²) in [4.78, 5) is 16.0. The van der Waals surface area contributed by atoms with Gasteiger partial charge in [-0.1, -0.05) is 11.6 Å². The molecule has 1 fully saturated rings. The van der Waals surface area contributed by atoms with Gasteiger partial charge in [0.05, 0.1) is 8.66 Å². The Bertz CT molecular complexity index is 713. The Morgan fingerprint density at radius 3 is 3.04 bits per heavy atom. The van der Waals surface area contributed by atoms with Gasteiger partial charge in [0.15, 0.2) is 0 Å². The molecule has 0 unspecified atom stereocenters. The van der Waals surface area contributed by atoms with E-state index >= 15 is 0 Å². The summed E-state index contributed by atoms with van der Waals surface area (Å²) in [6.07, 6.45) is 3.81. The zero-order valence-corrected chi connectivity index (χ0v) is 16.4. The van der Waals surface area contributed by atoms with Gasteiger partial charge >= 0.3 is 0 Å². The van der Waals surface area contributed by atoms with Crippen molar-refractivity contribution >= 4 is 33.2 Å². The second kappa shape index (κ2) is 7.80. The fourth-order valence-electron chi connectivity index (χ4n) is 3.14. The molecule has 7 heteroatoms. The van der Waals surface area contributed by atoms with Crippen molar-refractivity contribution in [2.24, 2.45) is 0 Å². The number of nitrogens with zero attached hydrogens (tertiary/aromatic N) is 2. The molecule has 1 atom stereocenters. The number of hydrogen-bond donors (Lipinski definition) is 1. The Balaban J connectivity index is 1.64. The molecule has 24 heavy (non-hydrogen) atoms. The third kappa shape index (κ3) is 3.90. The third-order valence-electron chi connectivity index (χ3n) is 4.52. The lowest BCUT2D eigenvalue weighted by molar-refractivity contribution is 0.0937. The largest absolute Gasteiger partial charge is 0.360 e. The van der Waals surface area contributed by atoms with Gasteiger partial charge in [-0.15, -0.1) is 11.3 Å². The maximum absolute atomic E-state index is 12.6. The second-order valence-corrected chi connectivity index (χ2v) is 8.67. The summed E-state index contributed by atoms with van der Waals surface area (Å²) in [5.41, 5.74) is 1.16. The van der Waals surface area contributed by atoms with Crippen molar-refractivity contribution in [3.8, 4) is 10.6 Å². The van der Waals surface area contributed by atoms with E-state index in [2.05, 4.69) is 38.2 Å². The van der Waals surface area contributed by atoms with Crippen molar-refractivity contribution in [3.63, 3.8) is 0 Å². The molecule has 130 valence electrons.